The molecule has 1 aromatic carbocycles. The molecule has 4 heteroatoms. The monoisotopic (exact) mass is 264 g/mol. The van der Waals surface area contributed by atoms with Crippen LogP contribution in [0, 0.1) is 17.2 Å². The standard InChI is InChI=1S/C14H17ClN2O/c1-17-13(10-2-3-10)6-7-18-14-8-12(15)5-4-11(14)9-16/h4-5,8,10,13,17H,2-3,6-7H2,1H3. The Balaban J connectivity index is 1.89. The molecule has 1 aromatic rings. The Labute approximate surface area is 113 Å². The molecule has 1 N–H and O–H groups in total. The van der Waals surface area contributed by atoms with Gasteiger partial charge in [0.1, 0.15) is 11.8 Å². The lowest BCUT2D eigenvalue weighted by atomic mass is 10.1. The fourth-order valence-corrected chi connectivity index (χ4v) is 2.28. The van der Waals surface area contributed by atoms with Gasteiger partial charge in [0.2, 0.25) is 0 Å². The lowest BCUT2D eigenvalue weighted by Gasteiger charge is -2.16. The largest absolute Gasteiger partial charge is 0.492 e. The number of ether oxygens (including phenoxy) is 1. The van der Waals surface area contributed by atoms with Crippen LogP contribution < -0.4 is 10.1 Å². The van der Waals surface area contributed by atoms with Gasteiger partial charge in [0.25, 0.3) is 0 Å². The third-order valence-corrected chi connectivity index (χ3v) is 3.55. The molecule has 0 aromatic heterocycles. The summed E-state index contributed by atoms with van der Waals surface area (Å²) in [6, 6.07) is 7.72. The van der Waals surface area contributed by atoms with Crippen molar-refractivity contribution in [1.82, 2.24) is 5.32 Å². The minimum atomic E-state index is 0.523. The second-order valence-electron chi connectivity index (χ2n) is 4.62. The van der Waals surface area contributed by atoms with E-state index in [2.05, 4.69) is 11.4 Å². The molecule has 0 saturated heterocycles. The molecule has 0 spiro atoms. The molecule has 0 amide bonds. The molecule has 3 nitrogen and oxygen atoms in total. The van der Waals surface area contributed by atoms with E-state index in [9.17, 15) is 0 Å². The van der Waals surface area contributed by atoms with Crippen molar-refractivity contribution in [2.75, 3.05) is 13.7 Å². The van der Waals surface area contributed by atoms with Gasteiger partial charge in [-0.05, 0) is 44.4 Å². The van der Waals surface area contributed by atoms with Crippen LogP contribution in [0.4, 0.5) is 0 Å². The van der Waals surface area contributed by atoms with E-state index >= 15 is 0 Å². The summed E-state index contributed by atoms with van der Waals surface area (Å²) in [5.74, 6) is 1.38. The van der Waals surface area contributed by atoms with Crippen LogP contribution in [0.15, 0.2) is 18.2 Å². The fourth-order valence-electron chi connectivity index (χ4n) is 2.12. The van der Waals surface area contributed by atoms with Crippen molar-refractivity contribution in [3.05, 3.63) is 28.8 Å². The number of rotatable bonds is 6. The molecular formula is C14H17ClN2O. The summed E-state index contributed by atoms with van der Waals surface area (Å²) < 4.78 is 5.67. The minimum Gasteiger partial charge on any atom is -0.492 e. The van der Waals surface area contributed by atoms with E-state index in [1.165, 1.54) is 12.8 Å². The van der Waals surface area contributed by atoms with Gasteiger partial charge in [-0.2, -0.15) is 5.26 Å². The van der Waals surface area contributed by atoms with Gasteiger partial charge in [0, 0.05) is 17.1 Å². The molecule has 2 rings (SSSR count). The van der Waals surface area contributed by atoms with E-state index in [1.807, 2.05) is 7.05 Å². The van der Waals surface area contributed by atoms with Crippen LogP contribution in [0.25, 0.3) is 0 Å². The number of nitrogens with zero attached hydrogens (tertiary/aromatic N) is 1. The molecule has 1 aliphatic rings. The van der Waals surface area contributed by atoms with Crippen LogP contribution in [-0.4, -0.2) is 19.7 Å². The van der Waals surface area contributed by atoms with Crippen LogP contribution in [0.5, 0.6) is 5.75 Å². The molecule has 1 fully saturated rings. The molecule has 1 aliphatic carbocycles. The Morgan fingerprint density at radius 3 is 2.94 bits per heavy atom. The maximum absolute atomic E-state index is 8.98. The second kappa shape index (κ2) is 6.08. The maximum atomic E-state index is 8.98. The summed E-state index contributed by atoms with van der Waals surface area (Å²) >= 11 is 5.90. The average molecular weight is 265 g/mol. The molecule has 0 heterocycles. The van der Waals surface area contributed by atoms with Gasteiger partial charge in [-0.3, -0.25) is 0 Å². The van der Waals surface area contributed by atoms with Crippen LogP contribution in [0.1, 0.15) is 24.8 Å². The number of nitrogens with one attached hydrogen (secondary N) is 1. The second-order valence-corrected chi connectivity index (χ2v) is 5.06. The summed E-state index contributed by atoms with van der Waals surface area (Å²) in [5.41, 5.74) is 0.534. The normalized spacial score (nSPS) is 16.1. The highest BCUT2D eigenvalue weighted by Gasteiger charge is 2.29. The predicted octanol–water partition coefficient (Wildman–Crippen LogP) is 2.98. The molecule has 96 valence electrons. The molecule has 1 atom stereocenters. The smallest absolute Gasteiger partial charge is 0.138 e. The molecule has 0 bridgehead atoms. The Kier molecular flexibility index (Phi) is 4.46. The number of nitriles is 1. The highest BCUT2D eigenvalue weighted by molar-refractivity contribution is 6.30. The molecule has 1 unspecified atom stereocenters. The Morgan fingerprint density at radius 1 is 1.56 bits per heavy atom. The van der Waals surface area contributed by atoms with Gasteiger partial charge in [-0.25, -0.2) is 0 Å². The minimum absolute atomic E-state index is 0.523. The van der Waals surface area contributed by atoms with Crippen molar-refractivity contribution in [3.8, 4) is 11.8 Å². The summed E-state index contributed by atoms with van der Waals surface area (Å²) in [6.07, 6.45) is 3.58. The molecule has 1 saturated carbocycles. The van der Waals surface area contributed by atoms with Crippen LogP contribution in [0.2, 0.25) is 5.02 Å². The first kappa shape index (κ1) is 13.2. The average Bonchev–Trinajstić information content (AvgIpc) is 3.19. The predicted molar refractivity (Wildman–Crippen MR) is 71.9 cm³/mol. The lowest BCUT2D eigenvalue weighted by Crippen LogP contribution is -2.29. The molecule has 18 heavy (non-hydrogen) atoms. The van der Waals surface area contributed by atoms with Gasteiger partial charge in [-0.15, -0.1) is 0 Å². The zero-order chi connectivity index (χ0) is 13.0. The highest BCUT2D eigenvalue weighted by atomic mass is 35.5. The Bertz CT molecular complexity index is 452. The lowest BCUT2D eigenvalue weighted by molar-refractivity contribution is 0.280. The van der Waals surface area contributed by atoms with E-state index < -0.39 is 0 Å². The topological polar surface area (TPSA) is 45.0 Å². The van der Waals surface area contributed by atoms with Gasteiger partial charge in [0.05, 0.1) is 12.2 Å². The van der Waals surface area contributed by atoms with Crippen LogP contribution >= 0.6 is 11.6 Å². The Morgan fingerprint density at radius 2 is 2.33 bits per heavy atom. The van der Waals surface area contributed by atoms with Crippen LogP contribution in [0.3, 0.4) is 0 Å². The van der Waals surface area contributed by atoms with Crippen molar-refractivity contribution in [1.29, 1.82) is 5.26 Å². The van der Waals surface area contributed by atoms with E-state index in [0.717, 1.165) is 12.3 Å². The van der Waals surface area contributed by atoms with E-state index in [1.54, 1.807) is 18.2 Å². The molecule has 0 aliphatic heterocycles. The quantitative estimate of drug-likeness (QED) is 0.859. The van der Waals surface area contributed by atoms with Crippen molar-refractivity contribution in [2.24, 2.45) is 5.92 Å². The molecular weight excluding hydrogens is 248 g/mol. The first-order valence-corrected chi connectivity index (χ1v) is 6.62. The number of hydrogen-bond acceptors (Lipinski definition) is 3. The molecule has 0 radical (unpaired) electrons. The first-order valence-electron chi connectivity index (χ1n) is 6.24. The highest BCUT2D eigenvalue weighted by Crippen LogP contribution is 2.34. The van der Waals surface area contributed by atoms with E-state index in [-0.39, 0.29) is 0 Å². The summed E-state index contributed by atoms with van der Waals surface area (Å²) in [7, 11) is 1.99. The van der Waals surface area contributed by atoms with Crippen molar-refractivity contribution < 1.29 is 4.74 Å². The van der Waals surface area contributed by atoms with Crippen molar-refractivity contribution >= 4 is 11.6 Å². The van der Waals surface area contributed by atoms with Gasteiger partial charge >= 0.3 is 0 Å². The zero-order valence-electron chi connectivity index (χ0n) is 10.4. The van der Waals surface area contributed by atoms with Gasteiger partial charge in [0.15, 0.2) is 0 Å². The Hall–Kier alpha value is -1.24. The van der Waals surface area contributed by atoms with Gasteiger partial charge in [-0.1, -0.05) is 11.6 Å². The van der Waals surface area contributed by atoms with E-state index in [4.69, 9.17) is 21.6 Å². The number of halogens is 1. The third-order valence-electron chi connectivity index (χ3n) is 3.31. The third kappa shape index (κ3) is 3.38. The summed E-state index contributed by atoms with van der Waals surface area (Å²) in [6.45, 7) is 0.608. The maximum Gasteiger partial charge on any atom is 0.138 e. The van der Waals surface area contributed by atoms with Crippen LogP contribution in [-0.2, 0) is 0 Å². The van der Waals surface area contributed by atoms with Crippen molar-refractivity contribution in [2.45, 2.75) is 25.3 Å². The number of benzene rings is 1. The first-order chi connectivity index (χ1) is 8.74. The van der Waals surface area contributed by atoms with E-state index in [0.29, 0.717) is 29.0 Å². The SMILES string of the molecule is CNC(CCOc1cc(Cl)ccc1C#N)C1CC1. The van der Waals surface area contributed by atoms with Gasteiger partial charge < -0.3 is 10.1 Å². The summed E-state index contributed by atoms with van der Waals surface area (Å²) in [4.78, 5) is 0. The zero-order valence-corrected chi connectivity index (χ0v) is 11.2. The fraction of sp³-hybridized carbons (Fsp3) is 0.500. The number of hydrogen-bond donors (Lipinski definition) is 1. The van der Waals surface area contributed by atoms with Crippen molar-refractivity contribution in [3.63, 3.8) is 0 Å². The summed E-state index contributed by atoms with van der Waals surface area (Å²) in [5, 5.41) is 12.9.